The van der Waals surface area contributed by atoms with E-state index < -0.39 is 0 Å². The summed E-state index contributed by atoms with van der Waals surface area (Å²) in [6.07, 6.45) is 11.5. The Kier molecular flexibility index (Phi) is 5.57. The molecule has 31 heavy (non-hydrogen) atoms. The Bertz CT molecular complexity index is 1160. The first kappa shape index (κ1) is 19.6. The van der Waals surface area contributed by atoms with Crippen molar-refractivity contribution in [2.75, 3.05) is 13.1 Å². The third-order valence-electron chi connectivity index (χ3n) is 6.28. The van der Waals surface area contributed by atoms with Crippen LogP contribution in [0.1, 0.15) is 40.7 Å². The molecule has 0 radical (unpaired) electrons. The van der Waals surface area contributed by atoms with E-state index in [1.807, 2.05) is 39.9 Å². The molecule has 1 aliphatic heterocycles. The van der Waals surface area contributed by atoms with Crippen LogP contribution in [0.5, 0.6) is 0 Å². The largest absolute Gasteiger partial charge is 0.464 e. The van der Waals surface area contributed by atoms with Crippen LogP contribution in [0.25, 0.3) is 11.0 Å². The van der Waals surface area contributed by atoms with Crippen molar-refractivity contribution in [3.63, 3.8) is 0 Å². The van der Waals surface area contributed by atoms with E-state index in [4.69, 9.17) is 4.42 Å². The standard InChI is InChI=1S/C26H27N3O2/c30-26(24-5-1-3-22(16-24)18-28-13-10-27-19-28)29-11-2-4-20(8-12-29)15-21-6-7-23-9-14-31-25(23)17-21/h1,3,5-7,9-10,13-14,16-17,19-20H,2,4,8,11-12,15,18H2/t20-/m1/s1. The molecule has 1 amide bonds. The van der Waals surface area contributed by atoms with Crippen LogP contribution in [0.2, 0.25) is 0 Å². The Morgan fingerprint density at radius 2 is 2.03 bits per heavy atom. The molecule has 2 aromatic carbocycles. The summed E-state index contributed by atoms with van der Waals surface area (Å²) in [5, 5.41) is 1.15. The highest BCUT2D eigenvalue weighted by Crippen LogP contribution is 2.25. The minimum absolute atomic E-state index is 0.144. The maximum absolute atomic E-state index is 13.2. The van der Waals surface area contributed by atoms with Crippen LogP contribution in [0.4, 0.5) is 0 Å². The highest BCUT2D eigenvalue weighted by molar-refractivity contribution is 5.94. The van der Waals surface area contributed by atoms with Crippen LogP contribution in [0.3, 0.4) is 0 Å². The van der Waals surface area contributed by atoms with Crippen molar-refractivity contribution in [1.82, 2.24) is 14.5 Å². The van der Waals surface area contributed by atoms with Crippen LogP contribution in [0.15, 0.2) is 77.9 Å². The third-order valence-corrected chi connectivity index (χ3v) is 6.28. The Balaban J connectivity index is 1.22. The van der Waals surface area contributed by atoms with E-state index in [0.29, 0.717) is 5.92 Å². The molecule has 158 valence electrons. The molecule has 5 heteroatoms. The number of amides is 1. The Morgan fingerprint density at radius 3 is 2.94 bits per heavy atom. The molecule has 5 rings (SSSR count). The molecule has 0 aliphatic carbocycles. The zero-order valence-electron chi connectivity index (χ0n) is 17.6. The molecule has 0 bridgehead atoms. The van der Waals surface area contributed by atoms with Gasteiger partial charge in [0.1, 0.15) is 5.58 Å². The van der Waals surface area contributed by atoms with E-state index in [1.54, 1.807) is 18.8 Å². The molecular formula is C26H27N3O2. The van der Waals surface area contributed by atoms with Gasteiger partial charge in [-0.15, -0.1) is 0 Å². The van der Waals surface area contributed by atoms with Crippen LogP contribution in [-0.4, -0.2) is 33.4 Å². The van der Waals surface area contributed by atoms with Crippen molar-refractivity contribution in [2.45, 2.75) is 32.2 Å². The Hall–Kier alpha value is -3.34. The molecule has 3 heterocycles. The van der Waals surface area contributed by atoms with Gasteiger partial charge < -0.3 is 13.9 Å². The zero-order chi connectivity index (χ0) is 21.0. The van der Waals surface area contributed by atoms with Crippen LogP contribution in [-0.2, 0) is 13.0 Å². The molecule has 1 fully saturated rings. The number of carbonyl (C=O) groups excluding carboxylic acids is 1. The number of carbonyl (C=O) groups is 1. The summed E-state index contributed by atoms with van der Waals surface area (Å²) in [5.41, 5.74) is 4.17. The quantitative estimate of drug-likeness (QED) is 0.454. The van der Waals surface area contributed by atoms with E-state index in [1.165, 1.54) is 5.56 Å². The number of fused-ring (bicyclic) bond motifs is 1. The molecule has 4 aromatic rings. The molecule has 1 aliphatic rings. The topological polar surface area (TPSA) is 51.3 Å². The van der Waals surface area contributed by atoms with Crippen molar-refractivity contribution in [1.29, 1.82) is 0 Å². The molecule has 0 saturated carbocycles. The van der Waals surface area contributed by atoms with Gasteiger partial charge in [0.2, 0.25) is 0 Å². The first-order valence-corrected chi connectivity index (χ1v) is 11.0. The maximum atomic E-state index is 13.2. The number of benzene rings is 2. The van der Waals surface area contributed by atoms with Gasteiger partial charge in [0.25, 0.3) is 5.91 Å². The summed E-state index contributed by atoms with van der Waals surface area (Å²) in [6, 6.07) is 16.5. The molecule has 0 N–H and O–H groups in total. The average molecular weight is 414 g/mol. The number of likely N-dealkylation sites (tertiary alicyclic amines) is 1. The number of rotatable bonds is 5. The van der Waals surface area contributed by atoms with E-state index >= 15 is 0 Å². The Morgan fingerprint density at radius 1 is 1.06 bits per heavy atom. The fourth-order valence-corrected chi connectivity index (χ4v) is 4.61. The van der Waals surface area contributed by atoms with Crippen molar-refractivity contribution >= 4 is 16.9 Å². The van der Waals surface area contributed by atoms with Crippen molar-refractivity contribution in [3.8, 4) is 0 Å². The molecule has 1 saturated heterocycles. The van der Waals surface area contributed by atoms with E-state index in [0.717, 1.165) is 67.4 Å². The highest BCUT2D eigenvalue weighted by atomic mass is 16.3. The number of imidazole rings is 1. The molecule has 0 spiro atoms. The van der Waals surface area contributed by atoms with Crippen molar-refractivity contribution < 1.29 is 9.21 Å². The zero-order valence-corrected chi connectivity index (χ0v) is 17.6. The number of aromatic nitrogens is 2. The fourth-order valence-electron chi connectivity index (χ4n) is 4.61. The lowest BCUT2D eigenvalue weighted by Crippen LogP contribution is -2.32. The molecule has 5 nitrogen and oxygen atoms in total. The highest BCUT2D eigenvalue weighted by Gasteiger charge is 2.22. The van der Waals surface area contributed by atoms with E-state index in [-0.39, 0.29) is 5.91 Å². The summed E-state index contributed by atoms with van der Waals surface area (Å²) in [4.78, 5) is 19.3. The number of hydrogen-bond acceptors (Lipinski definition) is 3. The van der Waals surface area contributed by atoms with Gasteiger partial charge in [-0.05, 0) is 67.0 Å². The van der Waals surface area contributed by atoms with Crippen LogP contribution >= 0.6 is 0 Å². The van der Waals surface area contributed by atoms with E-state index in [9.17, 15) is 4.79 Å². The minimum atomic E-state index is 0.144. The minimum Gasteiger partial charge on any atom is -0.464 e. The summed E-state index contributed by atoms with van der Waals surface area (Å²) in [6.45, 7) is 2.37. The fraction of sp³-hybridized carbons (Fsp3) is 0.308. The molecule has 1 atom stereocenters. The second-order valence-electron chi connectivity index (χ2n) is 8.52. The van der Waals surface area contributed by atoms with E-state index in [2.05, 4.69) is 29.2 Å². The monoisotopic (exact) mass is 413 g/mol. The van der Waals surface area contributed by atoms with Gasteiger partial charge in [-0.1, -0.05) is 24.3 Å². The Labute approximate surface area is 182 Å². The number of furan rings is 1. The van der Waals surface area contributed by atoms with Gasteiger partial charge >= 0.3 is 0 Å². The maximum Gasteiger partial charge on any atom is 0.253 e. The first-order valence-electron chi connectivity index (χ1n) is 11.0. The SMILES string of the molecule is O=C(c1cccc(Cn2ccnc2)c1)N1CCC[C@@H](Cc2ccc3ccoc3c2)CC1. The summed E-state index contributed by atoms with van der Waals surface area (Å²) >= 11 is 0. The van der Waals surface area contributed by atoms with Gasteiger partial charge in [-0.25, -0.2) is 4.98 Å². The smallest absolute Gasteiger partial charge is 0.253 e. The summed E-state index contributed by atoms with van der Waals surface area (Å²) in [7, 11) is 0. The lowest BCUT2D eigenvalue weighted by Gasteiger charge is -2.21. The van der Waals surface area contributed by atoms with Crippen LogP contribution in [0, 0.1) is 5.92 Å². The predicted octanol–water partition coefficient (Wildman–Crippen LogP) is 5.16. The normalized spacial score (nSPS) is 17.0. The molecule has 2 aromatic heterocycles. The number of nitrogens with zero attached hydrogens (tertiary/aromatic N) is 3. The second-order valence-corrected chi connectivity index (χ2v) is 8.52. The summed E-state index contributed by atoms with van der Waals surface area (Å²) < 4.78 is 7.57. The first-order chi connectivity index (χ1) is 15.2. The average Bonchev–Trinajstić information content (AvgIpc) is 3.41. The van der Waals surface area contributed by atoms with Gasteiger partial charge in [0.15, 0.2) is 0 Å². The lowest BCUT2D eigenvalue weighted by atomic mass is 9.92. The van der Waals surface area contributed by atoms with Crippen LogP contribution < -0.4 is 0 Å². The van der Waals surface area contributed by atoms with Gasteiger partial charge in [-0.2, -0.15) is 0 Å². The second kappa shape index (κ2) is 8.80. The predicted molar refractivity (Wildman–Crippen MR) is 121 cm³/mol. The number of hydrogen-bond donors (Lipinski definition) is 0. The van der Waals surface area contributed by atoms with Gasteiger partial charge in [0, 0.05) is 43.0 Å². The molecule has 0 unspecified atom stereocenters. The van der Waals surface area contributed by atoms with Crippen molar-refractivity contribution in [2.24, 2.45) is 5.92 Å². The third kappa shape index (κ3) is 4.55. The van der Waals surface area contributed by atoms with Crippen molar-refractivity contribution in [3.05, 3.63) is 90.2 Å². The summed E-state index contributed by atoms with van der Waals surface area (Å²) in [5.74, 6) is 0.739. The molecular weight excluding hydrogens is 386 g/mol. The van der Waals surface area contributed by atoms with Gasteiger partial charge in [0.05, 0.1) is 12.6 Å². The van der Waals surface area contributed by atoms with Gasteiger partial charge in [-0.3, -0.25) is 4.79 Å². The lowest BCUT2D eigenvalue weighted by molar-refractivity contribution is 0.0760.